The number of rotatable bonds is 2. The van der Waals surface area contributed by atoms with Crippen molar-refractivity contribution in [2.45, 2.75) is 40.0 Å². The molecule has 0 N–H and O–H groups in total. The molecule has 4 heteroatoms. The van der Waals surface area contributed by atoms with E-state index in [1.165, 1.54) is 24.3 Å². The number of nitrogens with zero attached hydrogens (tertiary/aromatic N) is 1. The Kier molecular flexibility index (Phi) is 6.18. The topological polar surface area (TPSA) is 29.5 Å². The van der Waals surface area contributed by atoms with E-state index < -0.39 is 0 Å². The van der Waals surface area contributed by atoms with Gasteiger partial charge in [0.2, 0.25) is 0 Å². The summed E-state index contributed by atoms with van der Waals surface area (Å²) in [6, 6.07) is 23.4. The average Bonchev–Trinajstić information content (AvgIpc) is 2.86. The minimum Gasteiger partial charge on any atom is -0.465 e. The summed E-state index contributed by atoms with van der Waals surface area (Å²) in [6.07, 6.45) is 0. The molecule has 5 rings (SSSR count). The highest BCUT2D eigenvalue weighted by Gasteiger charge is 2.38. The third-order valence-electron chi connectivity index (χ3n) is 6.50. The molecule has 0 saturated carbocycles. The lowest BCUT2D eigenvalue weighted by atomic mass is 9.71. The molecule has 0 aliphatic carbocycles. The van der Waals surface area contributed by atoms with Crippen LogP contribution >= 0.6 is 0 Å². The van der Waals surface area contributed by atoms with E-state index >= 15 is 0 Å². The molecular weight excluding hydrogens is 425 g/mol. The second-order valence-corrected chi connectivity index (χ2v) is 8.80. The number of anilines is 3. The smallest absolute Gasteiger partial charge is 0.337 e. The number of ether oxygens (including phenoxy) is 1. The molecule has 1 aliphatic rings. The largest absolute Gasteiger partial charge is 0.465 e. The first-order valence-electron chi connectivity index (χ1n) is 11.6. The summed E-state index contributed by atoms with van der Waals surface area (Å²) in [4.78, 5) is 14.3. The molecule has 1 heterocycles. The quantitative estimate of drug-likeness (QED) is 0.285. The molecule has 0 fully saturated rings. The fourth-order valence-electron chi connectivity index (χ4n) is 4.91. The number of methoxy groups -OCH3 is 1. The molecule has 0 bridgehead atoms. The summed E-state index contributed by atoms with van der Waals surface area (Å²) in [7, 11) is 1.39. The number of carbonyl (C=O) groups excluding carboxylic acids is 1. The van der Waals surface area contributed by atoms with Crippen LogP contribution in [0.5, 0.6) is 0 Å². The summed E-state index contributed by atoms with van der Waals surface area (Å²) in [5, 5.41) is 2.06. The van der Waals surface area contributed by atoms with E-state index in [-0.39, 0.29) is 17.2 Å². The second kappa shape index (κ2) is 8.94. The van der Waals surface area contributed by atoms with E-state index in [0.717, 1.165) is 27.8 Å². The minimum atomic E-state index is -0.349. The molecule has 0 spiro atoms. The van der Waals surface area contributed by atoms with Gasteiger partial charge >= 0.3 is 5.97 Å². The third-order valence-corrected chi connectivity index (χ3v) is 6.50. The van der Waals surface area contributed by atoms with E-state index in [1.54, 1.807) is 6.92 Å². The Labute approximate surface area is 200 Å². The highest BCUT2D eigenvalue weighted by Crippen LogP contribution is 2.53. The van der Waals surface area contributed by atoms with Gasteiger partial charge in [0.1, 0.15) is 5.82 Å². The Morgan fingerprint density at radius 3 is 2.35 bits per heavy atom. The maximum absolute atomic E-state index is 14.1. The Hall–Kier alpha value is -3.66. The van der Waals surface area contributed by atoms with E-state index in [4.69, 9.17) is 4.74 Å². The molecule has 0 aromatic heterocycles. The van der Waals surface area contributed by atoms with Crippen LogP contribution in [-0.4, -0.2) is 13.1 Å². The number of para-hydroxylation sites is 1. The predicted molar refractivity (Wildman–Crippen MR) is 138 cm³/mol. The molecule has 0 atom stereocenters. The number of esters is 1. The number of fused-ring (bicyclic) bond motifs is 4. The first-order valence-corrected chi connectivity index (χ1v) is 11.6. The van der Waals surface area contributed by atoms with Gasteiger partial charge in [-0.05, 0) is 76.9 Å². The number of hydrogen-bond donors (Lipinski definition) is 0. The van der Waals surface area contributed by atoms with Gasteiger partial charge in [0.15, 0.2) is 0 Å². The molecule has 0 amide bonds. The van der Waals surface area contributed by atoms with Crippen LogP contribution < -0.4 is 4.90 Å². The summed E-state index contributed by atoms with van der Waals surface area (Å²) in [5.74, 6) is -0.564. The zero-order valence-corrected chi connectivity index (χ0v) is 20.6. The van der Waals surface area contributed by atoms with Crippen molar-refractivity contribution in [3.63, 3.8) is 0 Å². The molecule has 0 radical (unpaired) electrons. The Bertz CT molecular complexity index is 1390. The maximum Gasteiger partial charge on any atom is 0.337 e. The lowest BCUT2D eigenvalue weighted by Crippen LogP contribution is -2.31. The molecule has 4 aromatic rings. The number of halogens is 1. The van der Waals surface area contributed by atoms with Crippen LogP contribution in [0.1, 0.15) is 54.7 Å². The van der Waals surface area contributed by atoms with Gasteiger partial charge in [-0.1, -0.05) is 58.0 Å². The third kappa shape index (κ3) is 3.63. The Morgan fingerprint density at radius 1 is 0.912 bits per heavy atom. The van der Waals surface area contributed by atoms with Crippen LogP contribution in [0.2, 0.25) is 0 Å². The summed E-state index contributed by atoms with van der Waals surface area (Å²) in [5.41, 5.74) is 6.28. The summed E-state index contributed by atoms with van der Waals surface area (Å²) in [6.45, 7) is 10.2. The lowest BCUT2D eigenvalue weighted by molar-refractivity contribution is 0.0601. The lowest BCUT2D eigenvalue weighted by Gasteiger charge is -2.42. The van der Waals surface area contributed by atoms with Gasteiger partial charge in [0, 0.05) is 11.1 Å². The molecule has 34 heavy (non-hydrogen) atoms. The molecular formula is C30H30FNO2. The van der Waals surface area contributed by atoms with Crippen molar-refractivity contribution < 1.29 is 13.9 Å². The SMILES string of the molecule is CC.COC(=O)c1ccc2c3c(ccc2c1)N(c1ccc(F)c(C)c1)c1ccccc1C3(C)C. The number of aryl methyl sites for hydroxylation is 1. The monoisotopic (exact) mass is 455 g/mol. The molecule has 174 valence electrons. The predicted octanol–water partition coefficient (Wildman–Crippen LogP) is 8.21. The van der Waals surface area contributed by atoms with Crippen LogP contribution in [-0.2, 0) is 10.2 Å². The van der Waals surface area contributed by atoms with Crippen molar-refractivity contribution in [2.75, 3.05) is 12.0 Å². The van der Waals surface area contributed by atoms with E-state index in [9.17, 15) is 9.18 Å². The zero-order chi connectivity index (χ0) is 24.6. The van der Waals surface area contributed by atoms with E-state index in [1.807, 2.05) is 56.3 Å². The Balaban J connectivity index is 0.00000133. The van der Waals surface area contributed by atoms with Crippen molar-refractivity contribution in [3.05, 3.63) is 101 Å². The fraction of sp³-hybridized carbons (Fsp3) is 0.233. The average molecular weight is 456 g/mol. The maximum atomic E-state index is 14.1. The first kappa shape index (κ1) is 23.5. The zero-order valence-electron chi connectivity index (χ0n) is 20.6. The highest BCUT2D eigenvalue weighted by molar-refractivity contribution is 6.01. The van der Waals surface area contributed by atoms with Gasteiger partial charge in [-0.25, -0.2) is 9.18 Å². The second-order valence-electron chi connectivity index (χ2n) is 8.80. The Morgan fingerprint density at radius 2 is 1.65 bits per heavy atom. The van der Waals surface area contributed by atoms with E-state index in [0.29, 0.717) is 11.1 Å². The molecule has 0 saturated heterocycles. The van der Waals surface area contributed by atoms with Gasteiger partial charge in [-0.3, -0.25) is 0 Å². The number of hydrogen-bond acceptors (Lipinski definition) is 3. The molecule has 3 nitrogen and oxygen atoms in total. The van der Waals surface area contributed by atoms with Gasteiger partial charge in [-0.15, -0.1) is 0 Å². The fourth-order valence-corrected chi connectivity index (χ4v) is 4.91. The first-order chi connectivity index (χ1) is 16.3. The standard InChI is InChI=1S/C28H24FNO2.C2H6/c1-17-15-20(11-13-23(17)29)30-24-8-6-5-7-22(24)28(2,3)26-21-12-9-19(27(31)32-4)16-18(21)10-14-25(26)30;1-2/h5-16H,1-4H3;1-2H3. The number of carbonyl (C=O) groups is 1. The van der Waals surface area contributed by atoms with Crippen molar-refractivity contribution in [1.82, 2.24) is 0 Å². The van der Waals surface area contributed by atoms with Gasteiger partial charge in [0.05, 0.1) is 24.0 Å². The van der Waals surface area contributed by atoms with Gasteiger partial charge < -0.3 is 9.64 Å². The van der Waals surface area contributed by atoms with Crippen LogP contribution in [0.4, 0.5) is 21.5 Å². The van der Waals surface area contributed by atoms with Gasteiger partial charge in [0.25, 0.3) is 0 Å². The van der Waals surface area contributed by atoms with Crippen LogP contribution in [0, 0.1) is 12.7 Å². The van der Waals surface area contributed by atoms with Gasteiger partial charge in [-0.2, -0.15) is 0 Å². The van der Waals surface area contributed by atoms with Crippen LogP contribution in [0.25, 0.3) is 10.8 Å². The summed E-state index contributed by atoms with van der Waals surface area (Å²) >= 11 is 0. The number of benzene rings is 4. The minimum absolute atomic E-state index is 0.214. The normalized spacial score (nSPS) is 13.4. The van der Waals surface area contributed by atoms with Crippen molar-refractivity contribution >= 4 is 33.8 Å². The van der Waals surface area contributed by atoms with Crippen LogP contribution in [0.15, 0.2) is 72.8 Å². The van der Waals surface area contributed by atoms with Crippen LogP contribution in [0.3, 0.4) is 0 Å². The van der Waals surface area contributed by atoms with E-state index in [2.05, 4.69) is 43.0 Å². The molecule has 0 unspecified atom stereocenters. The summed E-state index contributed by atoms with van der Waals surface area (Å²) < 4.78 is 19.0. The van der Waals surface area contributed by atoms with Crippen molar-refractivity contribution in [3.8, 4) is 0 Å². The highest BCUT2D eigenvalue weighted by atomic mass is 19.1. The van der Waals surface area contributed by atoms with Crippen molar-refractivity contribution in [2.24, 2.45) is 0 Å². The molecule has 1 aliphatic heterocycles. The molecule has 4 aromatic carbocycles. The van der Waals surface area contributed by atoms with Crippen molar-refractivity contribution in [1.29, 1.82) is 0 Å².